The highest BCUT2D eigenvalue weighted by atomic mass is 16.4. The van der Waals surface area contributed by atoms with E-state index in [0.717, 1.165) is 36.2 Å². The SMILES string of the molecule is O=C(O)c1ccc2nc(CCCN3CCCCC3)[nH]c2c1. The number of carbonyl (C=O) groups is 1. The second-order valence-electron chi connectivity index (χ2n) is 5.73. The zero-order valence-corrected chi connectivity index (χ0v) is 12.1. The number of carboxylic acids is 1. The van der Waals surface area contributed by atoms with Crippen LogP contribution < -0.4 is 0 Å². The Bertz CT molecular complexity index is 629. The van der Waals surface area contributed by atoms with Gasteiger partial charge in [0.15, 0.2) is 0 Å². The number of H-pyrrole nitrogens is 1. The minimum Gasteiger partial charge on any atom is -0.478 e. The number of aromatic carboxylic acids is 1. The fourth-order valence-corrected chi connectivity index (χ4v) is 2.97. The lowest BCUT2D eigenvalue weighted by atomic mass is 10.1. The van der Waals surface area contributed by atoms with Crippen LogP contribution in [0, 0.1) is 0 Å². The van der Waals surface area contributed by atoms with Crippen LogP contribution in [0.15, 0.2) is 18.2 Å². The molecular weight excluding hydrogens is 266 g/mol. The first-order chi connectivity index (χ1) is 10.2. The van der Waals surface area contributed by atoms with Gasteiger partial charge < -0.3 is 15.0 Å². The van der Waals surface area contributed by atoms with Gasteiger partial charge in [-0.05, 0) is 57.1 Å². The fourth-order valence-electron chi connectivity index (χ4n) is 2.97. The minimum absolute atomic E-state index is 0.297. The highest BCUT2D eigenvalue weighted by Crippen LogP contribution is 2.15. The summed E-state index contributed by atoms with van der Waals surface area (Å²) in [6.45, 7) is 3.57. The zero-order valence-electron chi connectivity index (χ0n) is 12.1. The van der Waals surface area contributed by atoms with Gasteiger partial charge in [-0.2, -0.15) is 0 Å². The minimum atomic E-state index is -0.904. The molecule has 1 aliphatic rings. The van der Waals surface area contributed by atoms with Gasteiger partial charge in [0, 0.05) is 6.42 Å². The van der Waals surface area contributed by atoms with E-state index in [2.05, 4.69) is 14.9 Å². The molecule has 112 valence electrons. The Balaban J connectivity index is 1.60. The maximum atomic E-state index is 11.0. The fraction of sp³-hybridized carbons (Fsp3) is 0.500. The van der Waals surface area contributed by atoms with Crippen molar-refractivity contribution in [2.24, 2.45) is 0 Å². The van der Waals surface area contributed by atoms with Crippen LogP contribution in [-0.2, 0) is 6.42 Å². The van der Waals surface area contributed by atoms with Gasteiger partial charge in [-0.3, -0.25) is 0 Å². The van der Waals surface area contributed by atoms with Crippen LogP contribution in [0.25, 0.3) is 11.0 Å². The summed E-state index contributed by atoms with van der Waals surface area (Å²) < 4.78 is 0. The molecule has 0 amide bonds. The summed E-state index contributed by atoms with van der Waals surface area (Å²) in [5.74, 6) is 0.0442. The lowest BCUT2D eigenvalue weighted by Gasteiger charge is -2.26. The van der Waals surface area contributed by atoms with E-state index in [1.54, 1.807) is 18.2 Å². The molecule has 1 aromatic heterocycles. The number of aromatic amines is 1. The number of piperidine rings is 1. The smallest absolute Gasteiger partial charge is 0.335 e. The molecule has 5 nitrogen and oxygen atoms in total. The summed E-state index contributed by atoms with van der Waals surface area (Å²) >= 11 is 0. The third-order valence-corrected chi connectivity index (χ3v) is 4.11. The predicted octanol–water partition coefficient (Wildman–Crippen LogP) is 2.68. The first-order valence-electron chi connectivity index (χ1n) is 7.67. The topological polar surface area (TPSA) is 69.2 Å². The quantitative estimate of drug-likeness (QED) is 0.887. The van der Waals surface area contributed by atoms with Gasteiger partial charge in [-0.1, -0.05) is 6.42 Å². The average Bonchev–Trinajstić information content (AvgIpc) is 2.90. The highest BCUT2D eigenvalue weighted by Gasteiger charge is 2.11. The van der Waals surface area contributed by atoms with Crippen molar-refractivity contribution < 1.29 is 9.90 Å². The lowest BCUT2D eigenvalue weighted by Crippen LogP contribution is -2.30. The van der Waals surface area contributed by atoms with Crippen molar-refractivity contribution in [1.82, 2.24) is 14.9 Å². The number of rotatable bonds is 5. The van der Waals surface area contributed by atoms with Crippen LogP contribution in [0.2, 0.25) is 0 Å². The van der Waals surface area contributed by atoms with E-state index < -0.39 is 5.97 Å². The number of fused-ring (bicyclic) bond motifs is 1. The summed E-state index contributed by atoms with van der Waals surface area (Å²) in [5.41, 5.74) is 1.95. The molecule has 1 fully saturated rings. The number of nitrogens with one attached hydrogen (secondary N) is 1. The average molecular weight is 287 g/mol. The Kier molecular flexibility index (Phi) is 4.20. The number of imidazole rings is 1. The number of hydrogen-bond donors (Lipinski definition) is 2. The molecule has 0 radical (unpaired) electrons. The number of carboxylic acid groups (broad SMARTS) is 1. The van der Waals surface area contributed by atoms with E-state index in [1.807, 2.05) is 0 Å². The van der Waals surface area contributed by atoms with Crippen LogP contribution in [0.3, 0.4) is 0 Å². The van der Waals surface area contributed by atoms with E-state index >= 15 is 0 Å². The predicted molar refractivity (Wildman–Crippen MR) is 81.7 cm³/mol. The Morgan fingerprint density at radius 2 is 2.10 bits per heavy atom. The van der Waals surface area contributed by atoms with Gasteiger partial charge in [0.1, 0.15) is 5.82 Å². The maximum absolute atomic E-state index is 11.0. The Morgan fingerprint density at radius 3 is 2.86 bits per heavy atom. The molecule has 2 N–H and O–H groups in total. The third-order valence-electron chi connectivity index (χ3n) is 4.11. The van der Waals surface area contributed by atoms with Crippen molar-refractivity contribution >= 4 is 17.0 Å². The van der Waals surface area contributed by atoms with Crippen molar-refractivity contribution in [3.63, 3.8) is 0 Å². The molecule has 5 heteroatoms. The lowest BCUT2D eigenvalue weighted by molar-refractivity contribution is 0.0697. The number of aryl methyl sites for hydroxylation is 1. The molecule has 2 heterocycles. The van der Waals surface area contributed by atoms with Crippen molar-refractivity contribution in [2.45, 2.75) is 32.1 Å². The second kappa shape index (κ2) is 6.26. The van der Waals surface area contributed by atoms with Crippen LogP contribution in [0.4, 0.5) is 0 Å². The van der Waals surface area contributed by atoms with Gasteiger partial charge >= 0.3 is 5.97 Å². The molecule has 1 saturated heterocycles. The number of nitrogens with zero attached hydrogens (tertiary/aromatic N) is 2. The van der Waals surface area contributed by atoms with E-state index in [-0.39, 0.29) is 0 Å². The molecule has 1 aromatic carbocycles. The third kappa shape index (κ3) is 3.42. The molecule has 0 atom stereocenters. The summed E-state index contributed by atoms with van der Waals surface area (Å²) in [7, 11) is 0. The van der Waals surface area contributed by atoms with Crippen molar-refractivity contribution in [3.8, 4) is 0 Å². The van der Waals surface area contributed by atoms with Crippen LogP contribution in [0.5, 0.6) is 0 Å². The molecule has 0 spiro atoms. The number of hydrogen-bond acceptors (Lipinski definition) is 3. The first kappa shape index (κ1) is 14.1. The summed E-state index contributed by atoms with van der Waals surface area (Å²) in [6, 6.07) is 5.02. The highest BCUT2D eigenvalue weighted by molar-refractivity contribution is 5.92. The normalized spacial score (nSPS) is 16.4. The molecule has 21 heavy (non-hydrogen) atoms. The van der Waals surface area contributed by atoms with Crippen LogP contribution in [-0.4, -0.2) is 45.6 Å². The molecule has 0 aliphatic carbocycles. The van der Waals surface area contributed by atoms with E-state index in [9.17, 15) is 4.79 Å². The number of aromatic nitrogens is 2. The molecule has 0 unspecified atom stereocenters. The van der Waals surface area contributed by atoms with Gasteiger partial charge in [0.2, 0.25) is 0 Å². The van der Waals surface area contributed by atoms with Gasteiger partial charge in [0.05, 0.1) is 16.6 Å². The standard InChI is InChI=1S/C16H21N3O2/c20-16(21)12-6-7-13-14(11-12)18-15(17-13)5-4-10-19-8-2-1-3-9-19/h6-7,11H,1-5,8-10H2,(H,17,18)(H,20,21). The Labute approximate surface area is 124 Å². The van der Waals surface area contributed by atoms with Crippen LogP contribution >= 0.6 is 0 Å². The first-order valence-corrected chi connectivity index (χ1v) is 7.67. The number of benzene rings is 1. The van der Waals surface area contributed by atoms with Crippen molar-refractivity contribution in [2.75, 3.05) is 19.6 Å². The van der Waals surface area contributed by atoms with E-state index in [1.165, 1.54) is 32.4 Å². The van der Waals surface area contributed by atoms with Crippen LogP contribution in [0.1, 0.15) is 41.9 Å². The zero-order chi connectivity index (χ0) is 14.7. The largest absolute Gasteiger partial charge is 0.478 e. The Hall–Kier alpha value is -1.88. The summed E-state index contributed by atoms with van der Waals surface area (Å²) in [5, 5.41) is 9.00. The Morgan fingerprint density at radius 1 is 1.29 bits per heavy atom. The molecule has 2 aromatic rings. The molecule has 3 rings (SSSR count). The number of likely N-dealkylation sites (tertiary alicyclic amines) is 1. The molecular formula is C16H21N3O2. The molecule has 1 aliphatic heterocycles. The van der Waals surface area contributed by atoms with Gasteiger partial charge in [-0.25, -0.2) is 9.78 Å². The molecule has 0 bridgehead atoms. The van der Waals surface area contributed by atoms with Gasteiger partial charge in [0.25, 0.3) is 0 Å². The summed E-state index contributed by atoms with van der Waals surface area (Å²) in [6.07, 6.45) is 6.01. The molecule has 0 saturated carbocycles. The van der Waals surface area contributed by atoms with E-state index in [0.29, 0.717) is 5.56 Å². The second-order valence-corrected chi connectivity index (χ2v) is 5.73. The van der Waals surface area contributed by atoms with E-state index in [4.69, 9.17) is 5.11 Å². The summed E-state index contributed by atoms with van der Waals surface area (Å²) in [4.78, 5) is 21.2. The van der Waals surface area contributed by atoms with Gasteiger partial charge in [-0.15, -0.1) is 0 Å². The van der Waals surface area contributed by atoms with Crippen molar-refractivity contribution in [1.29, 1.82) is 0 Å². The maximum Gasteiger partial charge on any atom is 0.335 e. The monoisotopic (exact) mass is 287 g/mol. The van der Waals surface area contributed by atoms with Crippen molar-refractivity contribution in [3.05, 3.63) is 29.6 Å².